The standard InChI is InChI=1S/2C8H16O2.Cd/c2*1-8(2,3)6-4-5-7(9)10;/h2*4-6H2,1-3H3,(H,9,10);/q;;+2/p-2. The van der Waals surface area contributed by atoms with Crippen molar-refractivity contribution in [3.8, 4) is 0 Å². The first-order valence-corrected chi connectivity index (χ1v) is 7.23. The molecule has 0 aliphatic heterocycles. The van der Waals surface area contributed by atoms with Crippen LogP contribution < -0.4 is 10.2 Å². The van der Waals surface area contributed by atoms with E-state index in [1.54, 1.807) is 0 Å². The fourth-order valence-corrected chi connectivity index (χ4v) is 1.53. The van der Waals surface area contributed by atoms with Crippen LogP contribution in [0.4, 0.5) is 0 Å². The smallest absolute Gasteiger partial charge is 0.550 e. The zero-order chi connectivity index (χ0) is 16.4. The summed E-state index contributed by atoms with van der Waals surface area (Å²) in [6.07, 6.45) is 3.73. The molecule has 0 aromatic carbocycles. The second kappa shape index (κ2) is 12.4. The van der Waals surface area contributed by atoms with Crippen LogP contribution in [-0.2, 0) is 36.9 Å². The van der Waals surface area contributed by atoms with Gasteiger partial charge in [-0.15, -0.1) is 0 Å². The number of hydrogen-bond acceptors (Lipinski definition) is 4. The van der Waals surface area contributed by atoms with Crippen molar-refractivity contribution in [1.82, 2.24) is 0 Å². The van der Waals surface area contributed by atoms with Crippen molar-refractivity contribution in [3.63, 3.8) is 0 Å². The zero-order valence-corrected chi connectivity index (χ0v) is 18.6. The molecule has 0 saturated carbocycles. The van der Waals surface area contributed by atoms with Crippen LogP contribution in [0.2, 0.25) is 0 Å². The SMILES string of the molecule is CC(C)(C)CCCC(=O)[O-].CC(C)(C)CCCC(=O)[O-].[Cd+2]. The average molecular weight is 399 g/mol. The Morgan fingerprint density at radius 1 is 0.714 bits per heavy atom. The topological polar surface area (TPSA) is 80.3 Å². The predicted octanol–water partition coefficient (Wildman–Crippen LogP) is 1.90. The van der Waals surface area contributed by atoms with Gasteiger partial charge in [-0.1, -0.05) is 41.5 Å². The van der Waals surface area contributed by atoms with Gasteiger partial charge < -0.3 is 19.8 Å². The molecule has 0 atom stereocenters. The molecule has 0 amide bonds. The van der Waals surface area contributed by atoms with Gasteiger partial charge in [0.1, 0.15) is 0 Å². The van der Waals surface area contributed by atoms with Crippen LogP contribution >= 0.6 is 0 Å². The van der Waals surface area contributed by atoms with Crippen molar-refractivity contribution in [3.05, 3.63) is 0 Å². The van der Waals surface area contributed by atoms with Crippen LogP contribution in [0.5, 0.6) is 0 Å². The molecule has 0 bridgehead atoms. The molecule has 0 saturated heterocycles. The summed E-state index contributed by atoms with van der Waals surface area (Å²) in [7, 11) is 0. The summed E-state index contributed by atoms with van der Waals surface area (Å²) in [5.41, 5.74) is 0.491. The van der Waals surface area contributed by atoms with Crippen molar-refractivity contribution >= 4 is 11.9 Å². The summed E-state index contributed by atoms with van der Waals surface area (Å²) in [4.78, 5) is 19.9. The Morgan fingerprint density at radius 3 is 1.10 bits per heavy atom. The Hall–Kier alpha value is -0.138. The minimum Gasteiger partial charge on any atom is -0.550 e. The molecule has 0 aromatic rings. The van der Waals surface area contributed by atoms with E-state index in [-0.39, 0.29) is 51.0 Å². The third-order valence-corrected chi connectivity index (χ3v) is 2.62. The summed E-state index contributed by atoms with van der Waals surface area (Å²) >= 11 is 0. The van der Waals surface area contributed by atoms with Crippen molar-refractivity contribution in [1.29, 1.82) is 0 Å². The van der Waals surface area contributed by atoms with Crippen molar-refractivity contribution < 1.29 is 47.1 Å². The normalized spacial score (nSPS) is 11.0. The third kappa shape index (κ3) is 33.0. The molecular weight excluding hydrogens is 369 g/mol. The summed E-state index contributed by atoms with van der Waals surface area (Å²) in [5.74, 6) is -1.88. The first kappa shape index (κ1) is 25.8. The van der Waals surface area contributed by atoms with Crippen LogP contribution in [-0.4, -0.2) is 11.9 Å². The number of carbonyl (C=O) groups is 2. The summed E-state index contributed by atoms with van der Waals surface area (Å²) < 4.78 is 0. The molecule has 0 radical (unpaired) electrons. The zero-order valence-electron chi connectivity index (χ0n) is 14.6. The molecule has 0 unspecified atom stereocenters. The maximum absolute atomic E-state index is 9.97. The number of aliphatic carboxylic acids is 2. The Kier molecular flexibility index (Phi) is 15.2. The molecular formula is C16H30CdO4. The third-order valence-electron chi connectivity index (χ3n) is 2.62. The van der Waals surface area contributed by atoms with E-state index in [0.717, 1.165) is 25.7 Å². The van der Waals surface area contributed by atoms with Gasteiger partial charge in [0.05, 0.1) is 0 Å². The molecule has 120 valence electrons. The quantitative estimate of drug-likeness (QED) is 0.640. The number of carboxylic acid groups (broad SMARTS) is 2. The van der Waals surface area contributed by atoms with Crippen LogP contribution in [0.15, 0.2) is 0 Å². The second-order valence-corrected chi connectivity index (χ2v) is 7.57. The predicted molar refractivity (Wildman–Crippen MR) is 76.6 cm³/mol. The van der Waals surface area contributed by atoms with E-state index in [2.05, 4.69) is 41.5 Å². The number of carboxylic acids is 2. The molecule has 0 N–H and O–H groups in total. The molecule has 0 fully saturated rings. The van der Waals surface area contributed by atoms with E-state index in [0.29, 0.717) is 0 Å². The van der Waals surface area contributed by atoms with Gasteiger partial charge >= 0.3 is 27.3 Å². The van der Waals surface area contributed by atoms with Gasteiger partial charge in [-0.25, -0.2) is 0 Å². The monoisotopic (exact) mass is 400 g/mol. The molecule has 0 aliphatic rings. The summed E-state index contributed by atoms with van der Waals surface area (Å²) in [5, 5.41) is 19.9. The van der Waals surface area contributed by atoms with Crippen LogP contribution in [0.1, 0.15) is 80.1 Å². The second-order valence-electron chi connectivity index (χ2n) is 7.57. The van der Waals surface area contributed by atoms with Gasteiger partial charge in [0.15, 0.2) is 0 Å². The number of hydrogen-bond donors (Lipinski definition) is 0. The molecule has 0 aromatic heterocycles. The van der Waals surface area contributed by atoms with E-state index in [9.17, 15) is 19.8 Å². The number of carbonyl (C=O) groups excluding carboxylic acids is 2. The first-order valence-electron chi connectivity index (χ1n) is 7.23. The maximum atomic E-state index is 9.97. The van der Waals surface area contributed by atoms with Crippen molar-refractivity contribution in [2.24, 2.45) is 10.8 Å². The van der Waals surface area contributed by atoms with Gasteiger partial charge in [-0.3, -0.25) is 0 Å². The fraction of sp³-hybridized carbons (Fsp3) is 0.875. The molecule has 0 heterocycles. The Morgan fingerprint density at radius 2 is 0.952 bits per heavy atom. The maximum Gasteiger partial charge on any atom is 2.00 e. The van der Waals surface area contributed by atoms with E-state index < -0.39 is 11.9 Å². The molecule has 4 nitrogen and oxygen atoms in total. The molecule has 21 heavy (non-hydrogen) atoms. The molecule has 0 spiro atoms. The van der Waals surface area contributed by atoms with E-state index in [1.165, 1.54) is 0 Å². The largest absolute Gasteiger partial charge is 2.00 e. The summed E-state index contributed by atoms with van der Waals surface area (Å²) in [6.45, 7) is 12.6. The Bertz CT molecular complexity index is 258. The fourth-order valence-electron chi connectivity index (χ4n) is 1.53. The van der Waals surface area contributed by atoms with Gasteiger partial charge in [0, 0.05) is 11.9 Å². The van der Waals surface area contributed by atoms with Crippen LogP contribution in [0.25, 0.3) is 0 Å². The average Bonchev–Trinajstić information content (AvgIpc) is 2.12. The molecule has 0 aliphatic carbocycles. The first-order chi connectivity index (χ1) is 8.83. The van der Waals surface area contributed by atoms with Gasteiger partial charge in [0.2, 0.25) is 0 Å². The van der Waals surface area contributed by atoms with Gasteiger partial charge in [-0.2, -0.15) is 0 Å². The summed E-state index contributed by atoms with van der Waals surface area (Å²) in [6, 6.07) is 0. The van der Waals surface area contributed by atoms with Gasteiger partial charge in [0.25, 0.3) is 0 Å². The van der Waals surface area contributed by atoms with E-state index >= 15 is 0 Å². The number of rotatable bonds is 6. The van der Waals surface area contributed by atoms with E-state index in [4.69, 9.17) is 0 Å². The Balaban J connectivity index is -0.000000295. The van der Waals surface area contributed by atoms with Crippen LogP contribution in [0, 0.1) is 10.8 Å². The van der Waals surface area contributed by atoms with Crippen molar-refractivity contribution in [2.45, 2.75) is 80.1 Å². The van der Waals surface area contributed by atoms with E-state index in [1.807, 2.05) is 0 Å². The molecule has 0 rings (SSSR count). The van der Waals surface area contributed by atoms with Gasteiger partial charge in [-0.05, 0) is 49.4 Å². The minimum absolute atomic E-state index is 0. The van der Waals surface area contributed by atoms with Crippen molar-refractivity contribution in [2.75, 3.05) is 0 Å². The Labute approximate surface area is 149 Å². The minimum atomic E-state index is -0.941. The molecule has 5 heteroatoms. The van der Waals surface area contributed by atoms with Crippen LogP contribution in [0.3, 0.4) is 0 Å².